The molecule has 0 radical (unpaired) electrons. The Morgan fingerprint density at radius 1 is 1.29 bits per heavy atom. The first-order chi connectivity index (χ1) is 11.5. The minimum absolute atomic E-state index is 0.645. The van der Waals surface area contributed by atoms with Crippen LogP contribution in [0.15, 0.2) is 42.7 Å². The van der Waals surface area contributed by atoms with Gasteiger partial charge < -0.3 is 0 Å². The molecule has 4 heterocycles. The Morgan fingerprint density at radius 2 is 2.19 bits per heavy atom. The number of imidazole rings is 1. The lowest BCUT2D eigenvalue weighted by molar-refractivity contribution is -0.636. The molecule has 0 N–H and O–H groups in total. The molecule has 1 aromatic carbocycles. The fourth-order valence-electron chi connectivity index (χ4n) is 3.57. The Labute approximate surface area is 126 Å². The summed E-state index contributed by atoms with van der Waals surface area (Å²) in [6.45, 7) is -1.61. The average Bonchev–Trinajstić information content (AvgIpc) is 3.15. The van der Waals surface area contributed by atoms with Gasteiger partial charge in [-0.25, -0.2) is 9.13 Å². The van der Waals surface area contributed by atoms with Gasteiger partial charge in [0.2, 0.25) is 5.82 Å². The van der Waals surface area contributed by atoms with E-state index < -0.39 is 6.98 Å². The lowest BCUT2D eigenvalue weighted by Gasteiger charge is -1.98. The van der Waals surface area contributed by atoms with E-state index in [0.29, 0.717) is 6.54 Å². The van der Waals surface area contributed by atoms with E-state index in [2.05, 4.69) is 15.6 Å². The molecule has 4 aromatic rings. The second-order valence-corrected chi connectivity index (χ2v) is 5.53. The van der Waals surface area contributed by atoms with Gasteiger partial charge in [-0.05, 0) is 18.2 Å². The van der Waals surface area contributed by atoms with E-state index in [9.17, 15) is 0 Å². The van der Waals surface area contributed by atoms with Gasteiger partial charge >= 0.3 is 0 Å². The highest BCUT2D eigenvalue weighted by Gasteiger charge is 2.34. The molecule has 0 unspecified atom stereocenters. The van der Waals surface area contributed by atoms with Crippen molar-refractivity contribution >= 4 is 22.1 Å². The molecule has 1 aliphatic rings. The Hall–Kier alpha value is -2.62. The van der Waals surface area contributed by atoms with Crippen molar-refractivity contribution < 1.29 is 8.68 Å². The van der Waals surface area contributed by atoms with Crippen molar-refractivity contribution in [2.45, 2.75) is 6.54 Å². The van der Waals surface area contributed by atoms with Crippen molar-refractivity contribution in [2.24, 2.45) is 14.0 Å². The van der Waals surface area contributed by atoms with Gasteiger partial charge in [-0.3, -0.25) is 9.55 Å². The van der Waals surface area contributed by atoms with Crippen LogP contribution in [0, 0.1) is 0 Å². The van der Waals surface area contributed by atoms with Gasteiger partial charge in [-0.2, -0.15) is 0 Å². The number of rotatable bonds is 0. The van der Waals surface area contributed by atoms with E-state index in [-0.39, 0.29) is 0 Å². The Morgan fingerprint density at radius 3 is 3.10 bits per heavy atom. The van der Waals surface area contributed by atoms with Crippen LogP contribution in [0.25, 0.3) is 33.5 Å². The zero-order valence-electron chi connectivity index (χ0n) is 14.5. The van der Waals surface area contributed by atoms with Crippen molar-refractivity contribution in [3.8, 4) is 11.4 Å². The van der Waals surface area contributed by atoms with Gasteiger partial charge in [0.1, 0.15) is 5.52 Å². The van der Waals surface area contributed by atoms with Gasteiger partial charge in [-0.15, -0.1) is 0 Å². The lowest BCUT2D eigenvalue weighted by atomic mass is 10.2. The summed E-state index contributed by atoms with van der Waals surface area (Å²) in [6, 6.07) is 9.94. The summed E-state index contributed by atoms with van der Waals surface area (Å²) in [5.41, 5.74) is 4.73. The SMILES string of the molecule is [2H]C([2H])([2H])[n+]1c2n(c3c4ccccc4n(C)c31)Cc1cnccc1-2. The molecule has 4 heteroatoms. The number of pyridine rings is 1. The van der Waals surface area contributed by atoms with Gasteiger partial charge in [-0.1, -0.05) is 12.1 Å². The minimum Gasteiger partial charge on any atom is -0.264 e. The Kier molecular flexibility index (Phi) is 1.45. The third-order valence-electron chi connectivity index (χ3n) is 4.47. The molecule has 0 atom stereocenters. The van der Waals surface area contributed by atoms with Crippen LogP contribution < -0.4 is 4.57 Å². The summed E-state index contributed by atoms with van der Waals surface area (Å²) < 4.78 is 29.9. The Bertz CT molecular complexity index is 1130. The number of benzene rings is 1. The highest BCUT2D eigenvalue weighted by Crippen LogP contribution is 2.36. The number of aromatic nitrogens is 4. The molecule has 0 amide bonds. The number of fused-ring (bicyclic) bond motifs is 7. The molecular weight excluding hydrogens is 260 g/mol. The summed E-state index contributed by atoms with van der Waals surface area (Å²) in [7, 11) is 1.93. The lowest BCUT2D eigenvalue weighted by Crippen LogP contribution is -2.31. The summed E-state index contributed by atoms with van der Waals surface area (Å²) in [4.78, 5) is 4.19. The molecule has 1 aliphatic heterocycles. The fourth-order valence-corrected chi connectivity index (χ4v) is 3.57. The smallest absolute Gasteiger partial charge is 0.264 e. The first kappa shape index (κ1) is 8.62. The van der Waals surface area contributed by atoms with E-state index >= 15 is 0 Å². The van der Waals surface area contributed by atoms with Crippen LogP contribution in [-0.2, 0) is 20.6 Å². The fraction of sp³-hybridized carbons (Fsp3) is 0.176. The van der Waals surface area contributed by atoms with Crippen LogP contribution in [0.4, 0.5) is 0 Å². The van der Waals surface area contributed by atoms with Crippen molar-refractivity contribution in [3.05, 3.63) is 48.3 Å². The Balaban J connectivity index is 2.05. The first-order valence-electron chi connectivity index (χ1n) is 8.44. The highest BCUT2D eigenvalue weighted by atomic mass is 15.2. The second kappa shape index (κ2) is 3.52. The number of nitrogens with zero attached hydrogens (tertiary/aromatic N) is 4. The molecule has 0 fully saturated rings. The largest absolute Gasteiger partial charge is 0.269 e. The number of aryl methyl sites for hydroxylation is 2. The highest BCUT2D eigenvalue weighted by molar-refractivity contribution is 6.04. The standard InChI is InChI=1S/C17H15N4/c1-19-14-6-4-3-5-13(14)15-17(19)20(2)16-12-7-8-18-9-11(12)10-21(15)16/h3-9H,10H2,1-2H3/q+1/i2D3. The first-order valence-corrected chi connectivity index (χ1v) is 6.94. The van der Waals surface area contributed by atoms with Gasteiger partial charge in [0.05, 0.1) is 35.6 Å². The molecule has 102 valence electrons. The molecule has 0 saturated heterocycles. The monoisotopic (exact) mass is 278 g/mol. The van der Waals surface area contributed by atoms with Crippen molar-refractivity contribution in [2.75, 3.05) is 0 Å². The normalized spacial score (nSPS) is 15.8. The topological polar surface area (TPSA) is 26.6 Å². The summed E-state index contributed by atoms with van der Waals surface area (Å²) in [5.74, 6) is 0.735. The molecule has 3 aromatic heterocycles. The van der Waals surface area contributed by atoms with Crippen LogP contribution in [0.1, 0.15) is 9.68 Å². The maximum absolute atomic E-state index is 8.11. The second-order valence-electron chi connectivity index (χ2n) is 5.53. The van der Waals surface area contributed by atoms with E-state index in [4.69, 9.17) is 4.11 Å². The van der Waals surface area contributed by atoms with E-state index in [1.165, 1.54) is 4.57 Å². The molecule has 4 nitrogen and oxygen atoms in total. The molecule has 0 saturated carbocycles. The molecule has 5 rings (SSSR count). The predicted molar refractivity (Wildman–Crippen MR) is 81.9 cm³/mol. The molecule has 21 heavy (non-hydrogen) atoms. The van der Waals surface area contributed by atoms with Gasteiger partial charge in [0, 0.05) is 18.0 Å². The van der Waals surface area contributed by atoms with Crippen LogP contribution in [-0.4, -0.2) is 14.1 Å². The van der Waals surface area contributed by atoms with Crippen LogP contribution in [0.2, 0.25) is 0 Å². The van der Waals surface area contributed by atoms with Gasteiger partial charge in [0.25, 0.3) is 5.65 Å². The van der Waals surface area contributed by atoms with Crippen molar-refractivity contribution in [1.82, 2.24) is 14.1 Å². The van der Waals surface area contributed by atoms with Crippen LogP contribution >= 0.6 is 0 Å². The third kappa shape index (κ3) is 1.17. The predicted octanol–water partition coefficient (Wildman–Crippen LogP) is 2.38. The summed E-state index contributed by atoms with van der Waals surface area (Å²) in [6.07, 6.45) is 3.54. The van der Waals surface area contributed by atoms with Crippen molar-refractivity contribution in [3.63, 3.8) is 0 Å². The number of hydrogen-bond donors (Lipinski definition) is 0. The van der Waals surface area contributed by atoms with Crippen molar-refractivity contribution in [1.29, 1.82) is 0 Å². The van der Waals surface area contributed by atoms with Gasteiger partial charge in [0.15, 0.2) is 5.52 Å². The quantitative estimate of drug-likeness (QED) is 0.399. The number of hydrogen-bond acceptors (Lipinski definition) is 1. The van der Waals surface area contributed by atoms with E-state index in [1.54, 1.807) is 6.20 Å². The average molecular weight is 278 g/mol. The van der Waals surface area contributed by atoms with Crippen LogP contribution in [0.5, 0.6) is 0 Å². The molecule has 0 spiro atoms. The maximum Gasteiger partial charge on any atom is 0.269 e. The molecular formula is C17H15N4+. The third-order valence-corrected chi connectivity index (χ3v) is 4.47. The molecule has 0 bridgehead atoms. The van der Waals surface area contributed by atoms with Crippen LogP contribution in [0.3, 0.4) is 0 Å². The summed E-state index contributed by atoms with van der Waals surface area (Å²) >= 11 is 0. The zero-order valence-corrected chi connectivity index (χ0v) is 11.5. The number of para-hydroxylation sites is 1. The maximum atomic E-state index is 8.11. The van der Waals surface area contributed by atoms with E-state index in [1.807, 2.05) is 42.1 Å². The zero-order chi connectivity index (χ0) is 16.6. The van der Waals surface area contributed by atoms with E-state index in [0.717, 1.165) is 39.0 Å². The molecule has 0 aliphatic carbocycles. The minimum atomic E-state index is -2.26. The summed E-state index contributed by atoms with van der Waals surface area (Å²) in [5, 5.41) is 1.07.